The van der Waals surface area contributed by atoms with Crippen molar-refractivity contribution in [3.8, 4) is 0 Å². The standard InChI is InChI=1S/C19H20N4O4S/c1-10(2)8-14-16(18(26)27-3)21-19(28-14)20-15(24)9-13-11-6-4-5-7-12(11)17(25)23-22-13/h4-7,10,13H,8-9H2,1-3H3,(H,20,21,24). The number of nitrogens with zero attached hydrogens (tertiary/aromatic N) is 3. The number of thiazole rings is 1. The first-order chi connectivity index (χ1) is 13.4. The van der Waals surface area contributed by atoms with E-state index in [-0.39, 0.29) is 18.0 Å². The molecule has 0 bridgehead atoms. The molecule has 1 aliphatic heterocycles. The minimum Gasteiger partial charge on any atom is -0.464 e. The molecule has 0 aliphatic carbocycles. The van der Waals surface area contributed by atoms with Crippen LogP contribution in [0.2, 0.25) is 0 Å². The number of aromatic nitrogens is 1. The van der Waals surface area contributed by atoms with Gasteiger partial charge in [-0.1, -0.05) is 32.0 Å². The van der Waals surface area contributed by atoms with Crippen LogP contribution >= 0.6 is 11.3 Å². The van der Waals surface area contributed by atoms with Gasteiger partial charge in [-0.2, -0.15) is 5.11 Å². The second-order valence-corrected chi connectivity index (χ2v) is 7.84. The average molecular weight is 400 g/mol. The molecule has 0 saturated heterocycles. The predicted molar refractivity (Wildman–Crippen MR) is 104 cm³/mol. The van der Waals surface area contributed by atoms with E-state index in [1.165, 1.54) is 18.4 Å². The predicted octanol–water partition coefficient (Wildman–Crippen LogP) is 3.80. The maximum Gasteiger partial charge on any atom is 0.357 e. The van der Waals surface area contributed by atoms with Crippen LogP contribution in [0, 0.1) is 5.92 Å². The van der Waals surface area contributed by atoms with Gasteiger partial charge in [0.25, 0.3) is 5.91 Å². The fourth-order valence-electron chi connectivity index (χ4n) is 2.89. The Kier molecular flexibility index (Phi) is 5.93. The van der Waals surface area contributed by atoms with Crippen molar-refractivity contribution in [3.63, 3.8) is 0 Å². The summed E-state index contributed by atoms with van der Waals surface area (Å²) in [6.45, 7) is 4.07. The van der Waals surface area contributed by atoms with Gasteiger partial charge >= 0.3 is 5.97 Å². The number of carbonyl (C=O) groups excluding carboxylic acids is 3. The number of hydrogen-bond acceptors (Lipinski definition) is 7. The Morgan fingerprint density at radius 3 is 2.75 bits per heavy atom. The van der Waals surface area contributed by atoms with Crippen molar-refractivity contribution in [1.29, 1.82) is 0 Å². The Balaban J connectivity index is 1.75. The number of esters is 1. The number of benzene rings is 1. The quantitative estimate of drug-likeness (QED) is 0.742. The van der Waals surface area contributed by atoms with Gasteiger partial charge in [-0.25, -0.2) is 9.78 Å². The summed E-state index contributed by atoms with van der Waals surface area (Å²) in [4.78, 5) is 41.3. The Hall–Kier alpha value is -2.94. The number of ether oxygens (including phenoxy) is 1. The second-order valence-electron chi connectivity index (χ2n) is 6.76. The van der Waals surface area contributed by atoms with Gasteiger partial charge < -0.3 is 10.1 Å². The molecule has 2 amide bonds. The van der Waals surface area contributed by atoms with Gasteiger partial charge in [0, 0.05) is 10.4 Å². The summed E-state index contributed by atoms with van der Waals surface area (Å²) >= 11 is 1.26. The van der Waals surface area contributed by atoms with Crippen LogP contribution in [0.15, 0.2) is 34.5 Å². The Bertz CT molecular complexity index is 951. The molecule has 1 N–H and O–H groups in total. The summed E-state index contributed by atoms with van der Waals surface area (Å²) in [7, 11) is 1.30. The van der Waals surface area contributed by atoms with Crippen molar-refractivity contribution < 1.29 is 19.1 Å². The SMILES string of the molecule is COC(=O)c1nc(NC(=O)CC2N=NC(=O)c3ccccc32)sc1CC(C)C. The zero-order chi connectivity index (χ0) is 20.3. The van der Waals surface area contributed by atoms with Crippen molar-refractivity contribution in [2.75, 3.05) is 12.4 Å². The minimum absolute atomic E-state index is 0.0143. The van der Waals surface area contributed by atoms with Gasteiger partial charge in [-0.3, -0.25) is 9.59 Å². The lowest BCUT2D eigenvalue weighted by Gasteiger charge is -2.17. The normalized spacial score (nSPS) is 15.4. The molecule has 0 saturated carbocycles. The van der Waals surface area contributed by atoms with E-state index in [1.807, 2.05) is 13.8 Å². The number of fused-ring (bicyclic) bond motifs is 1. The highest BCUT2D eigenvalue weighted by molar-refractivity contribution is 7.16. The number of methoxy groups -OCH3 is 1. The number of azo groups is 1. The molecule has 0 radical (unpaired) electrons. The van der Waals surface area contributed by atoms with E-state index >= 15 is 0 Å². The lowest BCUT2D eigenvalue weighted by Crippen LogP contribution is -2.18. The molecule has 9 heteroatoms. The lowest BCUT2D eigenvalue weighted by molar-refractivity contribution is -0.116. The summed E-state index contributed by atoms with van der Waals surface area (Å²) in [5.74, 6) is -0.937. The van der Waals surface area contributed by atoms with E-state index in [0.717, 1.165) is 4.88 Å². The van der Waals surface area contributed by atoms with Crippen LogP contribution in [0.4, 0.5) is 5.13 Å². The molecule has 1 unspecified atom stereocenters. The smallest absolute Gasteiger partial charge is 0.357 e. The molecule has 1 aliphatic rings. The fraction of sp³-hybridized carbons (Fsp3) is 0.368. The monoisotopic (exact) mass is 400 g/mol. The Morgan fingerprint density at radius 2 is 2.04 bits per heavy atom. The molecular formula is C19H20N4O4S. The zero-order valence-corrected chi connectivity index (χ0v) is 16.6. The van der Waals surface area contributed by atoms with Crippen LogP contribution in [0.25, 0.3) is 0 Å². The third-order valence-electron chi connectivity index (χ3n) is 4.13. The Labute approximate surface area is 166 Å². The number of hydrogen-bond donors (Lipinski definition) is 1. The fourth-order valence-corrected chi connectivity index (χ4v) is 4.07. The van der Waals surface area contributed by atoms with Crippen LogP contribution in [0.5, 0.6) is 0 Å². The molecule has 1 atom stereocenters. The van der Waals surface area contributed by atoms with E-state index in [1.54, 1.807) is 24.3 Å². The largest absolute Gasteiger partial charge is 0.464 e. The van der Waals surface area contributed by atoms with Gasteiger partial charge in [0.1, 0.15) is 6.04 Å². The summed E-state index contributed by atoms with van der Waals surface area (Å²) in [6.07, 6.45) is 0.671. The maximum atomic E-state index is 12.5. The van der Waals surface area contributed by atoms with E-state index in [9.17, 15) is 14.4 Å². The van der Waals surface area contributed by atoms with E-state index in [4.69, 9.17) is 4.74 Å². The molecule has 0 fully saturated rings. The second kappa shape index (κ2) is 8.39. The summed E-state index contributed by atoms with van der Waals surface area (Å²) in [6, 6.07) is 6.43. The molecule has 8 nitrogen and oxygen atoms in total. The first-order valence-corrected chi connectivity index (χ1v) is 9.62. The topological polar surface area (TPSA) is 110 Å². The van der Waals surface area contributed by atoms with Crippen molar-refractivity contribution >= 4 is 34.3 Å². The molecule has 2 aromatic rings. The third-order valence-corrected chi connectivity index (χ3v) is 5.13. The minimum atomic E-state index is -0.538. The molecule has 3 rings (SSSR count). The van der Waals surface area contributed by atoms with E-state index < -0.39 is 17.9 Å². The average Bonchev–Trinajstić information content (AvgIpc) is 3.05. The summed E-state index contributed by atoms with van der Waals surface area (Å²) in [5.41, 5.74) is 1.36. The first kappa shape index (κ1) is 19.8. The highest BCUT2D eigenvalue weighted by Crippen LogP contribution is 2.31. The molecule has 0 spiro atoms. The molecule has 1 aromatic carbocycles. The van der Waals surface area contributed by atoms with Crippen LogP contribution in [-0.4, -0.2) is 29.9 Å². The van der Waals surface area contributed by atoms with Gasteiger partial charge in [0.15, 0.2) is 10.8 Å². The highest BCUT2D eigenvalue weighted by Gasteiger charge is 2.26. The Morgan fingerprint density at radius 1 is 1.29 bits per heavy atom. The van der Waals surface area contributed by atoms with Crippen molar-refractivity contribution in [2.24, 2.45) is 16.1 Å². The van der Waals surface area contributed by atoms with Crippen molar-refractivity contribution in [2.45, 2.75) is 32.7 Å². The van der Waals surface area contributed by atoms with Crippen LogP contribution < -0.4 is 5.32 Å². The number of rotatable bonds is 6. The molecular weight excluding hydrogens is 380 g/mol. The van der Waals surface area contributed by atoms with Gasteiger partial charge in [0.05, 0.1) is 13.5 Å². The lowest BCUT2D eigenvalue weighted by atomic mass is 9.97. The van der Waals surface area contributed by atoms with E-state index in [2.05, 4.69) is 20.5 Å². The number of amides is 2. The molecule has 1 aromatic heterocycles. The number of nitrogens with one attached hydrogen (secondary N) is 1. The highest BCUT2D eigenvalue weighted by atomic mass is 32.1. The van der Waals surface area contributed by atoms with Crippen molar-refractivity contribution in [1.82, 2.24) is 4.98 Å². The van der Waals surface area contributed by atoms with Gasteiger partial charge in [-0.05, 0) is 24.0 Å². The van der Waals surface area contributed by atoms with Gasteiger partial charge in [-0.15, -0.1) is 16.5 Å². The number of anilines is 1. The third kappa shape index (κ3) is 4.30. The van der Waals surface area contributed by atoms with Crippen LogP contribution in [-0.2, 0) is 16.0 Å². The van der Waals surface area contributed by atoms with Gasteiger partial charge in [0.2, 0.25) is 5.91 Å². The zero-order valence-electron chi connectivity index (χ0n) is 15.8. The summed E-state index contributed by atoms with van der Waals surface area (Å²) in [5, 5.41) is 10.6. The number of carbonyl (C=O) groups is 3. The molecule has 28 heavy (non-hydrogen) atoms. The summed E-state index contributed by atoms with van der Waals surface area (Å²) < 4.78 is 4.78. The van der Waals surface area contributed by atoms with Crippen LogP contribution in [0.3, 0.4) is 0 Å². The maximum absolute atomic E-state index is 12.5. The first-order valence-electron chi connectivity index (χ1n) is 8.81. The van der Waals surface area contributed by atoms with Crippen LogP contribution in [0.1, 0.15) is 57.6 Å². The van der Waals surface area contributed by atoms with Crippen molar-refractivity contribution in [3.05, 3.63) is 46.0 Å². The van der Waals surface area contributed by atoms with E-state index in [0.29, 0.717) is 28.6 Å². The molecule has 2 heterocycles. The molecule has 146 valence electrons.